The first kappa shape index (κ1) is 8.96. The number of piperidine rings is 1. The van der Waals surface area contributed by atoms with Gasteiger partial charge in [0.2, 0.25) is 10.0 Å². The highest BCUT2D eigenvalue weighted by Crippen LogP contribution is 2.07. The number of nitrogens with two attached hydrogens (primary N) is 1. The molecule has 66 valence electrons. The zero-order chi connectivity index (χ0) is 8.32. The number of sulfonamides is 1. The van der Waals surface area contributed by atoms with Gasteiger partial charge in [-0.3, -0.25) is 0 Å². The van der Waals surface area contributed by atoms with Crippen LogP contribution in [-0.2, 0) is 10.0 Å². The molecule has 0 aromatic rings. The van der Waals surface area contributed by atoms with Gasteiger partial charge in [0.15, 0.2) is 0 Å². The number of hydrogen-bond donors (Lipinski definition) is 2. The Hall–Kier alpha value is -0.130. The van der Waals surface area contributed by atoms with Crippen molar-refractivity contribution in [3.63, 3.8) is 0 Å². The second kappa shape index (κ2) is 3.51. The molecule has 1 atom stereocenters. The summed E-state index contributed by atoms with van der Waals surface area (Å²) in [6, 6.07) is 0.0822. The second-order valence-electron chi connectivity index (χ2n) is 2.98. The van der Waals surface area contributed by atoms with Gasteiger partial charge in [-0.25, -0.2) is 13.6 Å². The molecule has 1 heterocycles. The number of nitrogens with one attached hydrogen (secondary N) is 1. The van der Waals surface area contributed by atoms with Crippen LogP contribution in [0.5, 0.6) is 0 Å². The Morgan fingerprint density at radius 3 is 2.64 bits per heavy atom. The zero-order valence-corrected chi connectivity index (χ0v) is 7.23. The number of primary sulfonamides is 1. The predicted octanol–water partition coefficient (Wildman–Crippen LogP) is -0.583. The molecule has 1 rings (SSSR count). The zero-order valence-electron chi connectivity index (χ0n) is 6.41. The van der Waals surface area contributed by atoms with Crippen LogP contribution < -0.4 is 10.5 Å². The molecular weight excluding hydrogens is 164 g/mol. The molecule has 0 aliphatic carbocycles. The Kier molecular flexibility index (Phi) is 2.86. The van der Waals surface area contributed by atoms with Crippen molar-refractivity contribution in [2.45, 2.75) is 25.3 Å². The van der Waals surface area contributed by atoms with E-state index in [1.54, 1.807) is 0 Å². The highest BCUT2D eigenvalue weighted by atomic mass is 32.2. The van der Waals surface area contributed by atoms with Gasteiger partial charge in [-0.05, 0) is 19.4 Å². The first-order chi connectivity index (χ1) is 5.08. The third kappa shape index (κ3) is 3.69. The van der Waals surface area contributed by atoms with Gasteiger partial charge in [-0.15, -0.1) is 0 Å². The third-order valence-electron chi connectivity index (χ3n) is 1.85. The second-order valence-corrected chi connectivity index (χ2v) is 4.64. The fourth-order valence-corrected chi connectivity index (χ4v) is 2.19. The van der Waals surface area contributed by atoms with Gasteiger partial charge < -0.3 is 5.32 Å². The van der Waals surface area contributed by atoms with E-state index in [2.05, 4.69) is 5.32 Å². The van der Waals surface area contributed by atoms with E-state index in [9.17, 15) is 8.42 Å². The molecule has 11 heavy (non-hydrogen) atoms. The first-order valence-electron chi connectivity index (χ1n) is 3.82. The van der Waals surface area contributed by atoms with Crippen LogP contribution in [0.4, 0.5) is 0 Å². The minimum atomic E-state index is -3.29. The molecule has 0 aromatic carbocycles. The minimum Gasteiger partial charge on any atom is -0.313 e. The summed E-state index contributed by atoms with van der Waals surface area (Å²) in [5.74, 6) is 0.0764. The SMILES string of the molecule is NS(=O)(=O)C[C@H]1CCCCN1. The molecule has 0 aromatic heterocycles. The molecule has 1 aliphatic heterocycles. The third-order valence-corrected chi connectivity index (χ3v) is 2.71. The van der Waals surface area contributed by atoms with Crippen molar-refractivity contribution in [2.24, 2.45) is 5.14 Å². The fraction of sp³-hybridized carbons (Fsp3) is 1.00. The van der Waals surface area contributed by atoms with Gasteiger partial charge in [0, 0.05) is 6.04 Å². The molecule has 0 radical (unpaired) electrons. The van der Waals surface area contributed by atoms with Crippen LogP contribution in [-0.4, -0.2) is 26.8 Å². The molecule has 0 unspecified atom stereocenters. The van der Waals surface area contributed by atoms with Gasteiger partial charge in [-0.2, -0.15) is 0 Å². The lowest BCUT2D eigenvalue weighted by Gasteiger charge is -2.21. The van der Waals surface area contributed by atoms with Gasteiger partial charge in [-0.1, -0.05) is 6.42 Å². The average molecular weight is 178 g/mol. The summed E-state index contributed by atoms with van der Waals surface area (Å²) in [5.41, 5.74) is 0. The van der Waals surface area contributed by atoms with E-state index in [0.29, 0.717) is 0 Å². The normalized spacial score (nSPS) is 26.8. The van der Waals surface area contributed by atoms with Crippen LogP contribution in [0, 0.1) is 0 Å². The predicted molar refractivity (Wildman–Crippen MR) is 43.6 cm³/mol. The van der Waals surface area contributed by atoms with Crippen LogP contribution in [0.1, 0.15) is 19.3 Å². The first-order valence-corrected chi connectivity index (χ1v) is 5.53. The fourth-order valence-electron chi connectivity index (χ4n) is 1.35. The quantitative estimate of drug-likeness (QED) is 0.594. The van der Waals surface area contributed by atoms with Crippen molar-refractivity contribution in [3.05, 3.63) is 0 Å². The van der Waals surface area contributed by atoms with Crippen LogP contribution >= 0.6 is 0 Å². The van der Waals surface area contributed by atoms with Crippen molar-refractivity contribution >= 4 is 10.0 Å². The van der Waals surface area contributed by atoms with Gasteiger partial charge in [0.1, 0.15) is 0 Å². The molecule has 0 saturated carbocycles. The Morgan fingerprint density at radius 2 is 2.18 bits per heavy atom. The maximum Gasteiger partial charge on any atom is 0.210 e. The monoisotopic (exact) mass is 178 g/mol. The summed E-state index contributed by atoms with van der Waals surface area (Å²) in [5, 5.41) is 8.01. The van der Waals surface area contributed by atoms with Crippen LogP contribution in [0.3, 0.4) is 0 Å². The summed E-state index contributed by atoms with van der Waals surface area (Å²) >= 11 is 0. The largest absolute Gasteiger partial charge is 0.313 e. The molecule has 4 nitrogen and oxygen atoms in total. The lowest BCUT2D eigenvalue weighted by Crippen LogP contribution is -2.41. The van der Waals surface area contributed by atoms with E-state index in [1.807, 2.05) is 0 Å². The number of rotatable bonds is 2. The van der Waals surface area contributed by atoms with Gasteiger partial charge >= 0.3 is 0 Å². The topological polar surface area (TPSA) is 72.2 Å². The van der Waals surface area contributed by atoms with Crippen molar-refractivity contribution in [2.75, 3.05) is 12.3 Å². The summed E-state index contributed by atoms with van der Waals surface area (Å²) in [6.07, 6.45) is 3.17. The minimum absolute atomic E-state index is 0.0764. The molecule has 5 heteroatoms. The molecule has 3 N–H and O–H groups in total. The van der Waals surface area contributed by atoms with Crippen molar-refractivity contribution in [3.8, 4) is 0 Å². The van der Waals surface area contributed by atoms with E-state index in [0.717, 1.165) is 25.8 Å². The molecular formula is C6H14N2O2S. The Bertz CT molecular complexity index is 207. The van der Waals surface area contributed by atoms with E-state index in [1.165, 1.54) is 0 Å². The Balaban J connectivity index is 2.36. The van der Waals surface area contributed by atoms with Gasteiger partial charge in [0.25, 0.3) is 0 Å². The van der Waals surface area contributed by atoms with E-state index >= 15 is 0 Å². The van der Waals surface area contributed by atoms with Crippen molar-refractivity contribution in [1.29, 1.82) is 0 Å². The summed E-state index contributed by atoms with van der Waals surface area (Å²) in [7, 11) is -3.29. The molecule has 1 saturated heterocycles. The average Bonchev–Trinajstić information content (AvgIpc) is 1.85. The smallest absolute Gasteiger partial charge is 0.210 e. The highest BCUT2D eigenvalue weighted by Gasteiger charge is 2.17. The number of hydrogen-bond acceptors (Lipinski definition) is 3. The van der Waals surface area contributed by atoms with Gasteiger partial charge in [0.05, 0.1) is 5.75 Å². The van der Waals surface area contributed by atoms with Crippen molar-refractivity contribution in [1.82, 2.24) is 5.32 Å². The maximum absolute atomic E-state index is 10.6. The molecule has 0 spiro atoms. The lowest BCUT2D eigenvalue weighted by molar-refractivity contribution is 0.423. The van der Waals surface area contributed by atoms with E-state index < -0.39 is 10.0 Å². The highest BCUT2D eigenvalue weighted by molar-refractivity contribution is 7.89. The summed E-state index contributed by atoms with van der Waals surface area (Å²) < 4.78 is 21.3. The van der Waals surface area contributed by atoms with Crippen LogP contribution in [0.2, 0.25) is 0 Å². The molecule has 0 amide bonds. The van der Waals surface area contributed by atoms with E-state index in [4.69, 9.17) is 5.14 Å². The molecule has 1 fully saturated rings. The maximum atomic E-state index is 10.6. The van der Waals surface area contributed by atoms with Crippen molar-refractivity contribution < 1.29 is 8.42 Å². The molecule has 0 bridgehead atoms. The van der Waals surface area contributed by atoms with Crippen LogP contribution in [0.15, 0.2) is 0 Å². The standard InChI is InChI=1S/C6H14N2O2S/c7-11(9,10)5-6-3-1-2-4-8-6/h6,8H,1-5H2,(H2,7,9,10)/t6-/m1/s1. The molecule has 1 aliphatic rings. The Labute approximate surface area is 67.2 Å². The Morgan fingerprint density at radius 1 is 1.45 bits per heavy atom. The lowest BCUT2D eigenvalue weighted by atomic mass is 10.1. The van der Waals surface area contributed by atoms with Crippen LogP contribution in [0.25, 0.3) is 0 Å². The summed E-state index contributed by atoms with van der Waals surface area (Å²) in [6.45, 7) is 0.917. The summed E-state index contributed by atoms with van der Waals surface area (Å²) in [4.78, 5) is 0. The van der Waals surface area contributed by atoms with E-state index in [-0.39, 0.29) is 11.8 Å².